The summed E-state index contributed by atoms with van der Waals surface area (Å²) in [6, 6.07) is 11.9. The third-order valence-corrected chi connectivity index (χ3v) is 4.47. The van der Waals surface area contributed by atoms with E-state index in [1.54, 1.807) is 0 Å². The molecule has 0 saturated heterocycles. The van der Waals surface area contributed by atoms with Gasteiger partial charge in [-0.05, 0) is 44.0 Å². The summed E-state index contributed by atoms with van der Waals surface area (Å²) in [6.07, 6.45) is 4.29. The van der Waals surface area contributed by atoms with Crippen LogP contribution in [0.1, 0.15) is 49.6 Å². The molecule has 3 nitrogen and oxygen atoms in total. The van der Waals surface area contributed by atoms with Crippen LogP contribution in [0.25, 0.3) is 0 Å². The molecule has 2 atom stereocenters. The number of rotatable bonds is 6. The summed E-state index contributed by atoms with van der Waals surface area (Å²) in [5.74, 6) is 0.630. The lowest BCUT2D eigenvalue weighted by molar-refractivity contribution is 0.399. The first kappa shape index (κ1) is 14.3. The highest BCUT2D eigenvalue weighted by molar-refractivity contribution is 5.41. The van der Waals surface area contributed by atoms with Crippen molar-refractivity contribution in [1.82, 2.24) is 15.1 Å². The van der Waals surface area contributed by atoms with E-state index in [1.165, 1.54) is 23.2 Å². The van der Waals surface area contributed by atoms with E-state index in [9.17, 15) is 0 Å². The monoisotopic (exact) mass is 283 g/mol. The summed E-state index contributed by atoms with van der Waals surface area (Å²) in [7, 11) is 0. The predicted octanol–water partition coefficient (Wildman–Crippen LogP) is 3.32. The first-order valence-electron chi connectivity index (χ1n) is 8.04. The van der Waals surface area contributed by atoms with Gasteiger partial charge in [-0.1, -0.05) is 31.2 Å². The number of fused-ring (bicyclic) bond motifs is 1. The van der Waals surface area contributed by atoms with Crippen LogP contribution in [-0.2, 0) is 12.8 Å². The van der Waals surface area contributed by atoms with Crippen molar-refractivity contribution >= 4 is 0 Å². The average molecular weight is 283 g/mol. The summed E-state index contributed by atoms with van der Waals surface area (Å²) in [6.45, 7) is 7.53. The predicted molar refractivity (Wildman–Crippen MR) is 86.7 cm³/mol. The fourth-order valence-electron chi connectivity index (χ4n) is 3.27. The molecule has 0 spiro atoms. The van der Waals surface area contributed by atoms with Crippen LogP contribution in [0.2, 0.25) is 0 Å². The Bertz CT molecular complexity index is 600. The van der Waals surface area contributed by atoms with E-state index >= 15 is 0 Å². The molecule has 3 rings (SSSR count). The first-order valence-corrected chi connectivity index (χ1v) is 8.04. The second-order valence-corrected chi connectivity index (χ2v) is 6.26. The Kier molecular flexibility index (Phi) is 4.11. The molecule has 0 fully saturated rings. The molecular weight excluding hydrogens is 258 g/mol. The van der Waals surface area contributed by atoms with E-state index in [2.05, 4.69) is 62.6 Å². The molecule has 1 N–H and O–H groups in total. The Balaban J connectivity index is 1.73. The highest BCUT2D eigenvalue weighted by atomic mass is 15.3. The molecule has 1 aliphatic carbocycles. The zero-order valence-corrected chi connectivity index (χ0v) is 13.2. The van der Waals surface area contributed by atoms with Crippen molar-refractivity contribution in [3.8, 4) is 0 Å². The van der Waals surface area contributed by atoms with Crippen molar-refractivity contribution < 1.29 is 0 Å². The molecule has 0 aliphatic heterocycles. The van der Waals surface area contributed by atoms with E-state index < -0.39 is 0 Å². The van der Waals surface area contributed by atoms with E-state index in [4.69, 9.17) is 5.10 Å². The minimum atomic E-state index is 0.431. The molecule has 1 aliphatic rings. The van der Waals surface area contributed by atoms with Crippen LogP contribution in [-0.4, -0.2) is 22.4 Å². The molecule has 1 aromatic heterocycles. The van der Waals surface area contributed by atoms with Gasteiger partial charge in [0.05, 0.1) is 5.69 Å². The van der Waals surface area contributed by atoms with Crippen LogP contribution in [0.5, 0.6) is 0 Å². The molecule has 112 valence electrons. The van der Waals surface area contributed by atoms with Crippen LogP contribution in [0, 0.1) is 0 Å². The van der Waals surface area contributed by atoms with Crippen molar-refractivity contribution in [2.75, 3.05) is 6.54 Å². The van der Waals surface area contributed by atoms with Gasteiger partial charge in [0, 0.05) is 30.6 Å². The molecule has 3 heteroatoms. The lowest BCUT2D eigenvalue weighted by Crippen LogP contribution is -2.41. The fraction of sp³-hybridized carbons (Fsp3) is 0.500. The number of hydrogen-bond donors (Lipinski definition) is 1. The van der Waals surface area contributed by atoms with Crippen LogP contribution in [0.15, 0.2) is 36.5 Å². The Labute approximate surface area is 127 Å². The van der Waals surface area contributed by atoms with E-state index in [0.717, 1.165) is 13.0 Å². The highest BCUT2D eigenvalue weighted by Gasteiger charge is 2.32. The second-order valence-electron chi connectivity index (χ2n) is 6.26. The number of nitrogens with one attached hydrogen (secondary N) is 1. The smallest absolute Gasteiger partial charge is 0.0640 e. The van der Waals surface area contributed by atoms with Gasteiger partial charge in [0.15, 0.2) is 0 Å². The third kappa shape index (κ3) is 2.88. The molecule has 2 aromatic rings. The van der Waals surface area contributed by atoms with Gasteiger partial charge in [0.2, 0.25) is 0 Å². The standard InChI is InChI=1S/C18H25N3/c1-4-19-18(12-15-9-10-21(20-15)13(2)3)17-11-14-7-5-6-8-16(14)17/h5-10,13,17-19H,4,11-12H2,1-3H3. The van der Waals surface area contributed by atoms with Crippen LogP contribution >= 0.6 is 0 Å². The molecule has 0 saturated carbocycles. The number of hydrogen-bond acceptors (Lipinski definition) is 2. The molecule has 0 amide bonds. The minimum Gasteiger partial charge on any atom is -0.313 e. The van der Waals surface area contributed by atoms with Gasteiger partial charge in [-0.15, -0.1) is 0 Å². The largest absolute Gasteiger partial charge is 0.313 e. The van der Waals surface area contributed by atoms with Crippen LogP contribution in [0.3, 0.4) is 0 Å². The summed E-state index contributed by atoms with van der Waals surface area (Å²) in [4.78, 5) is 0. The summed E-state index contributed by atoms with van der Waals surface area (Å²) < 4.78 is 2.05. The third-order valence-electron chi connectivity index (χ3n) is 4.47. The molecule has 0 bridgehead atoms. The molecule has 2 unspecified atom stereocenters. The van der Waals surface area contributed by atoms with E-state index in [-0.39, 0.29) is 0 Å². The molecular formula is C18H25N3. The Hall–Kier alpha value is -1.61. The van der Waals surface area contributed by atoms with Crippen molar-refractivity contribution in [2.24, 2.45) is 0 Å². The van der Waals surface area contributed by atoms with E-state index in [1.807, 2.05) is 4.68 Å². The maximum atomic E-state index is 4.71. The second kappa shape index (κ2) is 6.02. The van der Waals surface area contributed by atoms with Crippen LogP contribution < -0.4 is 5.32 Å². The number of likely N-dealkylation sites (N-methyl/N-ethyl adjacent to an activating group) is 1. The molecule has 1 heterocycles. The Morgan fingerprint density at radius 1 is 1.29 bits per heavy atom. The van der Waals surface area contributed by atoms with Gasteiger partial charge in [0.1, 0.15) is 0 Å². The highest BCUT2D eigenvalue weighted by Crippen LogP contribution is 2.38. The maximum absolute atomic E-state index is 4.71. The Morgan fingerprint density at radius 3 is 2.76 bits per heavy atom. The lowest BCUT2D eigenvalue weighted by Gasteiger charge is -2.37. The van der Waals surface area contributed by atoms with Gasteiger partial charge in [-0.2, -0.15) is 5.10 Å². The zero-order valence-electron chi connectivity index (χ0n) is 13.2. The normalized spacial score (nSPS) is 18.4. The number of nitrogens with zero attached hydrogens (tertiary/aromatic N) is 2. The van der Waals surface area contributed by atoms with Crippen molar-refractivity contribution in [2.45, 2.75) is 51.6 Å². The lowest BCUT2D eigenvalue weighted by atomic mass is 9.72. The summed E-state index contributed by atoms with van der Waals surface area (Å²) in [5.41, 5.74) is 4.23. The van der Waals surface area contributed by atoms with Crippen molar-refractivity contribution in [1.29, 1.82) is 0 Å². The van der Waals surface area contributed by atoms with Crippen molar-refractivity contribution in [3.63, 3.8) is 0 Å². The maximum Gasteiger partial charge on any atom is 0.0640 e. The molecule has 1 aromatic carbocycles. The van der Waals surface area contributed by atoms with Gasteiger partial charge in [-0.25, -0.2) is 0 Å². The summed E-state index contributed by atoms with van der Waals surface area (Å²) >= 11 is 0. The quantitative estimate of drug-likeness (QED) is 0.881. The number of aromatic nitrogens is 2. The van der Waals surface area contributed by atoms with Crippen molar-refractivity contribution in [3.05, 3.63) is 53.3 Å². The van der Waals surface area contributed by atoms with Gasteiger partial charge >= 0.3 is 0 Å². The molecule has 0 radical (unpaired) electrons. The topological polar surface area (TPSA) is 29.9 Å². The van der Waals surface area contributed by atoms with Crippen LogP contribution in [0.4, 0.5) is 0 Å². The zero-order chi connectivity index (χ0) is 14.8. The average Bonchev–Trinajstić information content (AvgIpc) is 2.89. The van der Waals surface area contributed by atoms with E-state index in [0.29, 0.717) is 18.0 Å². The fourth-order valence-corrected chi connectivity index (χ4v) is 3.27. The molecule has 21 heavy (non-hydrogen) atoms. The van der Waals surface area contributed by atoms with Gasteiger partial charge in [-0.3, -0.25) is 4.68 Å². The SMILES string of the molecule is CCNC(Cc1ccn(C(C)C)n1)C1Cc2ccccc21. The first-order chi connectivity index (χ1) is 10.2. The van der Waals surface area contributed by atoms with Gasteiger partial charge in [0.25, 0.3) is 0 Å². The number of benzene rings is 1. The Morgan fingerprint density at radius 2 is 2.10 bits per heavy atom. The minimum absolute atomic E-state index is 0.431. The van der Waals surface area contributed by atoms with Gasteiger partial charge < -0.3 is 5.32 Å². The summed E-state index contributed by atoms with van der Waals surface area (Å²) in [5, 5.41) is 8.37.